The molecule has 0 aliphatic carbocycles. The summed E-state index contributed by atoms with van der Waals surface area (Å²) in [7, 11) is -2.68. The molecule has 1 saturated heterocycles. The smallest absolute Gasteiger partial charge is 0.253 e. The van der Waals surface area contributed by atoms with Crippen molar-refractivity contribution in [1.82, 2.24) is 15.2 Å². The maximum Gasteiger partial charge on any atom is 0.253 e. The second-order valence-electron chi connectivity index (χ2n) is 8.12. The third-order valence-corrected chi connectivity index (χ3v) is 9.13. The molecule has 38 heavy (non-hydrogen) atoms. The second kappa shape index (κ2) is 12.3. The van der Waals surface area contributed by atoms with E-state index in [-0.39, 0.29) is 29.0 Å². The maximum atomic E-state index is 12.9. The van der Waals surface area contributed by atoms with Crippen molar-refractivity contribution in [1.29, 1.82) is 0 Å². The molecule has 0 bridgehead atoms. The zero-order chi connectivity index (χ0) is 27.6. The number of carbonyl (C=O) groups is 2. The molecule has 2 aromatic heterocycles. The minimum Gasteiger partial charge on any atom is -0.543 e. The molecule has 2 N–H and O–H groups in total. The molecule has 0 spiro atoms. The molecule has 10 nitrogen and oxygen atoms in total. The molecule has 1 amide bonds. The SMILES string of the molecule is O=C([O-])C1=C(CSc2cc[n+](CC(O)=S(=O)=O)cc2)CS[C@@H]2[C@H](NC(=S)Cc3cc(Cl)nc(Cl)c3)C(=O)N12. The van der Waals surface area contributed by atoms with E-state index in [1.54, 1.807) is 36.7 Å². The van der Waals surface area contributed by atoms with Gasteiger partial charge in [-0.1, -0.05) is 35.4 Å². The average Bonchev–Trinajstić information content (AvgIpc) is 2.85. The molecule has 4 heterocycles. The molecule has 1 fully saturated rings. The predicted octanol–water partition coefficient (Wildman–Crippen LogP) is 0.782. The Bertz CT molecular complexity index is 1450. The van der Waals surface area contributed by atoms with Gasteiger partial charge in [0.05, 0.1) is 16.7 Å². The van der Waals surface area contributed by atoms with Crippen molar-refractivity contribution in [2.75, 3.05) is 11.5 Å². The number of carboxylic acids is 1. The summed E-state index contributed by atoms with van der Waals surface area (Å²) in [5.74, 6) is -1.15. The van der Waals surface area contributed by atoms with Crippen molar-refractivity contribution in [3.05, 3.63) is 63.8 Å². The van der Waals surface area contributed by atoms with Crippen molar-refractivity contribution in [3.8, 4) is 0 Å². The van der Waals surface area contributed by atoms with Crippen LogP contribution in [-0.4, -0.2) is 68.2 Å². The Balaban J connectivity index is 1.40. The number of aliphatic carboxylic acids is 1. The number of amides is 1. The fourth-order valence-corrected chi connectivity index (χ4v) is 7.26. The van der Waals surface area contributed by atoms with Gasteiger partial charge in [-0.15, -0.1) is 23.5 Å². The number of thiocarbonyl (C=S) groups is 1. The van der Waals surface area contributed by atoms with E-state index in [9.17, 15) is 28.2 Å². The first-order chi connectivity index (χ1) is 18.0. The van der Waals surface area contributed by atoms with E-state index in [2.05, 4.69) is 10.3 Å². The van der Waals surface area contributed by atoms with Crippen LogP contribution in [0.4, 0.5) is 0 Å². The summed E-state index contributed by atoms with van der Waals surface area (Å²) in [5, 5.41) is 23.7. The highest BCUT2D eigenvalue weighted by molar-refractivity contribution is 8.01. The lowest BCUT2D eigenvalue weighted by molar-refractivity contribution is -0.683. The summed E-state index contributed by atoms with van der Waals surface area (Å²) in [6.45, 7) is -0.196. The van der Waals surface area contributed by atoms with Gasteiger partial charge >= 0.3 is 0 Å². The summed E-state index contributed by atoms with van der Waals surface area (Å²) >= 11 is 20.0. The number of aliphatic hydroxyl groups excluding tert-OH is 1. The van der Waals surface area contributed by atoms with Crippen molar-refractivity contribution < 1.29 is 32.8 Å². The molecule has 0 radical (unpaired) electrons. The molecular formula is C22H18Cl2N4O6S4. The molecule has 0 saturated carbocycles. The molecule has 0 aromatic carbocycles. The number of hydrogen-bond acceptors (Lipinski definition) is 9. The summed E-state index contributed by atoms with van der Waals surface area (Å²) in [4.78, 5) is 31.2. The van der Waals surface area contributed by atoms with Crippen LogP contribution in [-0.2, 0) is 32.8 Å². The van der Waals surface area contributed by atoms with Gasteiger partial charge in [-0.25, -0.2) is 4.98 Å². The number of hydrogen-bond donors (Lipinski definition) is 2. The average molecular weight is 634 g/mol. The van der Waals surface area contributed by atoms with Crippen molar-refractivity contribution in [3.63, 3.8) is 0 Å². The highest BCUT2D eigenvalue weighted by Crippen LogP contribution is 2.41. The Hall–Kier alpha value is -2.20. The third-order valence-electron chi connectivity index (χ3n) is 5.53. The molecule has 16 heteroatoms. The van der Waals surface area contributed by atoms with E-state index in [0.717, 1.165) is 10.5 Å². The Morgan fingerprint density at radius 3 is 2.58 bits per heavy atom. The monoisotopic (exact) mass is 632 g/mol. The molecule has 200 valence electrons. The molecular weight excluding hydrogens is 615 g/mol. The van der Waals surface area contributed by atoms with Gasteiger partial charge in [0.15, 0.2) is 12.4 Å². The van der Waals surface area contributed by atoms with E-state index >= 15 is 0 Å². The van der Waals surface area contributed by atoms with Gasteiger partial charge in [0.1, 0.15) is 21.7 Å². The molecule has 4 rings (SSSR count). The normalized spacial score (nSPS) is 18.5. The minimum atomic E-state index is -2.68. The van der Waals surface area contributed by atoms with Crippen LogP contribution in [0.1, 0.15) is 5.56 Å². The number of nitrogens with one attached hydrogen (secondary N) is 1. The Morgan fingerprint density at radius 2 is 1.97 bits per heavy atom. The van der Waals surface area contributed by atoms with Crippen LogP contribution in [0.5, 0.6) is 0 Å². The number of carboxylic acid groups (broad SMARTS) is 1. The van der Waals surface area contributed by atoms with E-state index < -0.39 is 38.6 Å². The van der Waals surface area contributed by atoms with E-state index in [1.807, 2.05) is 0 Å². The van der Waals surface area contributed by atoms with E-state index in [4.69, 9.17) is 35.4 Å². The summed E-state index contributed by atoms with van der Waals surface area (Å²) < 4.78 is 23.0. The summed E-state index contributed by atoms with van der Waals surface area (Å²) in [6, 6.07) is 5.99. The Morgan fingerprint density at radius 1 is 1.32 bits per heavy atom. The number of fused-ring (bicyclic) bond motifs is 1. The van der Waals surface area contributed by atoms with Gasteiger partial charge in [0.25, 0.3) is 5.91 Å². The van der Waals surface area contributed by atoms with Crippen LogP contribution in [0.2, 0.25) is 10.3 Å². The number of halogens is 2. The van der Waals surface area contributed by atoms with Crippen LogP contribution in [0.25, 0.3) is 0 Å². The van der Waals surface area contributed by atoms with Gasteiger partial charge in [0.2, 0.25) is 21.9 Å². The predicted molar refractivity (Wildman–Crippen MR) is 147 cm³/mol. The zero-order valence-electron chi connectivity index (χ0n) is 19.2. The zero-order valence-corrected chi connectivity index (χ0v) is 23.9. The van der Waals surface area contributed by atoms with Crippen molar-refractivity contribution in [2.24, 2.45) is 0 Å². The second-order valence-corrected chi connectivity index (χ2v) is 12.5. The number of nitrogens with zero attached hydrogens (tertiary/aromatic N) is 3. The number of thioether (sulfide) groups is 2. The van der Waals surface area contributed by atoms with Crippen LogP contribution >= 0.6 is 58.9 Å². The van der Waals surface area contributed by atoms with E-state index in [0.29, 0.717) is 22.1 Å². The standard InChI is InChI=1S/C22H18Cl2N4O6S4/c23-14-5-11(6-15(24)25-14)7-16(35)26-18-20(30)28-19(22(31)32)12(10-37-21(18)28)9-36-13-1-3-27(4-2-13)8-17(29)38(33)34/h1-6,18,21H,7-10H2,(H2-,26,29,31,32,35)/t18-,21-/m1/s1. The van der Waals surface area contributed by atoms with Crippen LogP contribution in [0.3, 0.4) is 0 Å². The third kappa shape index (κ3) is 6.68. The number of pyridine rings is 2. The Labute approximate surface area is 242 Å². The maximum absolute atomic E-state index is 12.9. The molecule has 2 atom stereocenters. The first-order valence-electron chi connectivity index (χ1n) is 10.8. The lowest BCUT2D eigenvalue weighted by Crippen LogP contribution is -2.71. The molecule has 2 aliphatic heterocycles. The quantitative estimate of drug-likeness (QED) is 0.133. The first kappa shape index (κ1) is 28.8. The van der Waals surface area contributed by atoms with Gasteiger partial charge < -0.3 is 20.3 Å². The molecule has 2 aliphatic rings. The van der Waals surface area contributed by atoms with Gasteiger partial charge in [0, 0.05) is 35.0 Å². The topological polar surface area (TPSA) is 144 Å². The number of β-lactam (4-membered cyclic amide) rings is 1. The number of rotatable bonds is 9. The lowest BCUT2D eigenvalue weighted by Gasteiger charge is -2.51. The van der Waals surface area contributed by atoms with Gasteiger partial charge in [-0.05, 0) is 23.3 Å². The minimum absolute atomic E-state index is 0.133. The number of carbonyl (C=O) groups excluding carboxylic acids is 2. The summed E-state index contributed by atoms with van der Waals surface area (Å²) in [5.41, 5.74) is 1.14. The largest absolute Gasteiger partial charge is 0.543 e. The molecule has 0 unspecified atom stereocenters. The van der Waals surface area contributed by atoms with Crippen molar-refractivity contribution in [2.45, 2.75) is 29.3 Å². The van der Waals surface area contributed by atoms with E-state index in [1.165, 1.54) is 33.0 Å². The van der Waals surface area contributed by atoms with Crippen LogP contribution in [0, 0.1) is 0 Å². The number of aromatic nitrogens is 2. The molecule has 2 aromatic rings. The highest BCUT2D eigenvalue weighted by atomic mass is 35.5. The Kier molecular flexibility index (Phi) is 9.34. The number of aliphatic hydroxyl groups is 1. The fraction of sp³-hybridized carbons (Fsp3) is 0.273. The fourth-order valence-electron chi connectivity index (χ4n) is 3.83. The van der Waals surface area contributed by atoms with Gasteiger partial charge in [-0.3, -0.25) is 9.69 Å². The summed E-state index contributed by atoms with van der Waals surface area (Å²) in [6.07, 6.45) is 3.47. The van der Waals surface area contributed by atoms with Crippen molar-refractivity contribution >= 4 is 91.2 Å². The first-order valence-corrected chi connectivity index (χ1v) is 15.1. The lowest BCUT2D eigenvalue weighted by atomic mass is 10.0. The van der Waals surface area contributed by atoms with Crippen LogP contribution < -0.4 is 15.0 Å². The highest BCUT2D eigenvalue weighted by Gasteiger charge is 2.52. The van der Waals surface area contributed by atoms with Crippen LogP contribution in [0.15, 0.2) is 52.8 Å². The van der Waals surface area contributed by atoms with Gasteiger partial charge in [-0.2, -0.15) is 13.0 Å².